The van der Waals surface area contributed by atoms with Crippen LogP contribution in [0, 0.1) is 5.41 Å². The molecule has 6 aromatic rings. The number of aromatic nitrogens is 2. The van der Waals surface area contributed by atoms with Gasteiger partial charge in [0, 0.05) is 31.3 Å². The Labute approximate surface area is 288 Å². The average Bonchev–Trinajstić information content (AvgIpc) is 3.37. The van der Waals surface area contributed by atoms with Gasteiger partial charge in [-0.05, 0) is 59.1 Å². The lowest BCUT2D eigenvalue weighted by atomic mass is 10.0. The maximum atomic E-state index is 14.1. The lowest BCUT2D eigenvalue weighted by Gasteiger charge is -2.26. The molecule has 6 rings (SSSR count). The number of nitrogen functional groups attached to an aromatic ring is 1. The summed E-state index contributed by atoms with van der Waals surface area (Å²) in [5.41, 5.74) is 12.5. The van der Waals surface area contributed by atoms with Gasteiger partial charge in [-0.2, -0.15) is 0 Å². The van der Waals surface area contributed by atoms with Crippen molar-refractivity contribution in [3.63, 3.8) is 0 Å². The second-order valence-corrected chi connectivity index (χ2v) is 11.6. The first-order valence-electron chi connectivity index (χ1n) is 15.2. The van der Waals surface area contributed by atoms with Gasteiger partial charge >= 0.3 is 0 Å². The number of rotatable bonds is 11. The van der Waals surface area contributed by atoms with Crippen LogP contribution in [0.2, 0.25) is 0 Å². The van der Waals surface area contributed by atoms with Gasteiger partial charge in [-0.3, -0.25) is 15.1 Å². The van der Waals surface area contributed by atoms with E-state index in [1.807, 2.05) is 85.7 Å². The maximum Gasteiger partial charge on any atom is 0.241 e. The molecule has 0 atom stereocenters. The molecule has 0 spiro atoms. The molecule has 0 radical (unpaired) electrons. The second kappa shape index (κ2) is 15.7. The standard InChI is InChI=1S/C38H38N6O.2ClH/c1-42(24-28-9-4-3-5-10-28)26-37(45)44(25-31-13-8-12-29-11-6-7-14-33(29)31)32-20-21-35-34(23-32)41-36(43(35)2)22-17-27-15-18-30(19-16-27)38(39)40;;/h3-16,18-21,23H,17,22,24-26H2,1-2H3,(H3,39,40);2*1H. The molecule has 3 N–H and O–H groups in total. The fraction of sp³-hybridized carbons (Fsp3) is 0.184. The highest BCUT2D eigenvalue weighted by molar-refractivity contribution is 5.97. The average molecular weight is 668 g/mol. The third-order valence-corrected chi connectivity index (χ3v) is 8.38. The first-order valence-corrected chi connectivity index (χ1v) is 15.2. The van der Waals surface area contributed by atoms with Crippen molar-refractivity contribution in [3.05, 3.63) is 143 Å². The van der Waals surface area contributed by atoms with E-state index in [1.165, 1.54) is 11.1 Å². The molecule has 0 fully saturated rings. The van der Waals surface area contributed by atoms with Crippen molar-refractivity contribution in [1.29, 1.82) is 5.41 Å². The van der Waals surface area contributed by atoms with Gasteiger partial charge in [0.2, 0.25) is 5.91 Å². The summed E-state index contributed by atoms with van der Waals surface area (Å²) in [5, 5.41) is 9.92. The minimum atomic E-state index is 0. The van der Waals surface area contributed by atoms with Gasteiger partial charge in [0.05, 0.1) is 24.1 Å². The molecule has 0 aliphatic heterocycles. The predicted octanol–water partition coefficient (Wildman–Crippen LogP) is 7.30. The van der Waals surface area contributed by atoms with E-state index in [1.54, 1.807) is 0 Å². The fourth-order valence-corrected chi connectivity index (χ4v) is 5.93. The maximum absolute atomic E-state index is 14.1. The molecular weight excluding hydrogens is 627 g/mol. The molecule has 1 amide bonds. The number of benzene rings is 5. The quantitative estimate of drug-likeness (QED) is 0.112. The van der Waals surface area contributed by atoms with Crippen molar-refractivity contribution in [1.82, 2.24) is 14.5 Å². The first kappa shape index (κ1) is 35.2. The summed E-state index contributed by atoms with van der Waals surface area (Å²) in [6.07, 6.45) is 1.59. The zero-order chi connectivity index (χ0) is 31.3. The Morgan fingerprint density at radius 2 is 1.51 bits per heavy atom. The molecule has 1 heterocycles. The van der Waals surface area contributed by atoms with Gasteiger partial charge in [-0.25, -0.2) is 4.98 Å². The van der Waals surface area contributed by atoms with Crippen LogP contribution >= 0.6 is 24.8 Å². The zero-order valence-corrected chi connectivity index (χ0v) is 28.2. The third kappa shape index (κ3) is 8.19. The van der Waals surface area contributed by atoms with Crippen LogP contribution in [-0.2, 0) is 37.8 Å². The van der Waals surface area contributed by atoms with E-state index in [0.29, 0.717) is 13.1 Å². The number of carbonyl (C=O) groups excluding carboxylic acids is 1. The van der Waals surface area contributed by atoms with E-state index in [-0.39, 0.29) is 43.1 Å². The molecule has 242 valence electrons. The highest BCUT2D eigenvalue weighted by Gasteiger charge is 2.21. The smallest absolute Gasteiger partial charge is 0.241 e. The van der Waals surface area contributed by atoms with E-state index in [0.717, 1.165) is 57.3 Å². The normalized spacial score (nSPS) is 10.9. The van der Waals surface area contributed by atoms with Crippen molar-refractivity contribution in [2.75, 3.05) is 18.5 Å². The van der Waals surface area contributed by atoms with Crippen molar-refractivity contribution >= 4 is 64.1 Å². The van der Waals surface area contributed by atoms with Crippen LogP contribution in [0.3, 0.4) is 0 Å². The molecule has 0 aliphatic rings. The Kier molecular flexibility index (Phi) is 11.8. The largest absolute Gasteiger partial charge is 0.384 e. The number of nitrogens with zero attached hydrogens (tertiary/aromatic N) is 4. The number of carbonyl (C=O) groups is 1. The van der Waals surface area contributed by atoms with Crippen LogP contribution in [0.5, 0.6) is 0 Å². The number of fused-ring (bicyclic) bond motifs is 2. The van der Waals surface area contributed by atoms with Crippen molar-refractivity contribution in [2.45, 2.75) is 25.9 Å². The summed E-state index contributed by atoms with van der Waals surface area (Å²) in [6, 6.07) is 38.8. The summed E-state index contributed by atoms with van der Waals surface area (Å²) in [7, 11) is 4.03. The summed E-state index contributed by atoms with van der Waals surface area (Å²) in [5.74, 6) is 1.08. The number of hydrogen-bond acceptors (Lipinski definition) is 4. The van der Waals surface area contributed by atoms with Crippen LogP contribution in [0.15, 0.2) is 115 Å². The van der Waals surface area contributed by atoms with E-state index >= 15 is 0 Å². The lowest BCUT2D eigenvalue weighted by molar-refractivity contribution is -0.119. The van der Waals surface area contributed by atoms with Gasteiger partial charge in [0.15, 0.2) is 0 Å². The number of imidazole rings is 1. The van der Waals surface area contributed by atoms with Gasteiger partial charge in [-0.1, -0.05) is 97.1 Å². The fourth-order valence-electron chi connectivity index (χ4n) is 5.93. The van der Waals surface area contributed by atoms with Crippen LogP contribution < -0.4 is 10.6 Å². The highest BCUT2D eigenvalue weighted by Crippen LogP contribution is 2.27. The molecule has 1 aromatic heterocycles. The first-order chi connectivity index (χ1) is 21.9. The molecule has 0 bridgehead atoms. The van der Waals surface area contributed by atoms with Crippen LogP contribution in [0.25, 0.3) is 21.8 Å². The van der Waals surface area contributed by atoms with E-state index in [2.05, 4.69) is 58.0 Å². The minimum Gasteiger partial charge on any atom is -0.384 e. The third-order valence-electron chi connectivity index (χ3n) is 8.38. The number of hydrogen-bond donors (Lipinski definition) is 2. The monoisotopic (exact) mass is 666 g/mol. The van der Waals surface area contributed by atoms with Crippen LogP contribution in [0.1, 0.15) is 28.1 Å². The van der Waals surface area contributed by atoms with Gasteiger partial charge in [0.25, 0.3) is 0 Å². The Hall–Kier alpha value is -4.69. The molecule has 0 aliphatic carbocycles. The number of likely N-dealkylation sites (N-methyl/N-ethyl adjacent to an activating group) is 1. The van der Waals surface area contributed by atoms with Crippen molar-refractivity contribution in [2.24, 2.45) is 12.8 Å². The number of anilines is 1. The van der Waals surface area contributed by atoms with Crippen molar-refractivity contribution in [3.8, 4) is 0 Å². The van der Waals surface area contributed by atoms with Crippen molar-refractivity contribution < 1.29 is 4.79 Å². The molecule has 9 heteroatoms. The molecule has 0 saturated carbocycles. The summed E-state index contributed by atoms with van der Waals surface area (Å²) < 4.78 is 2.13. The van der Waals surface area contributed by atoms with Crippen LogP contribution in [0.4, 0.5) is 5.69 Å². The number of nitrogens with two attached hydrogens (primary N) is 1. The minimum absolute atomic E-state index is 0. The summed E-state index contributed by atoms with van der Waals surface area (Å²) in [4.78, 5) is 23.0. The Balaban J connectivity index is 0.00000250. The zero-order valence-electron chi connectivity index (χ0n) is 26.6. The second-order valence-electron chi connectivity index (χ2n) is 11.6. The van der Waals surface area contributed by atoms with Crippen LogP contribution in [-0.4, -0.2) is 39.8 Å². The Morgan fingerprint density at radius 3 is 2.26 bits per heavy atom. The summed E-state index contributed by atoms with van der Waals surface area (Å²) >= 11 is 0. The number of amidine groups is 1. The van der Waals surface area contributed by atoms with Gasteiger partial charge in [-0.15, -0.1) is 24.8 Å². The molecule has 0 saturated heterocycles. The molecular formula is C38H40Cl2N6O. The Bertz CT molecular complexity index is 1970. The highest BCUT2D eigenvalue weighted by atomic mass is 35.5. The van der Waals surface area contributed by atoms with E-state index in [4.69, 9.17) is 16.1 Å². The molecule has 0 unspecified atom stereocenters. The number of nitrogens with one attached hydrogen (secondary N) is 1. The van der Waals surface area contributed by atoms with E-state index in [9.17, 15) is 4.79 Å². The molecule has 7 nitrogen and oxygen atoms in total. The topological polar surface area (TPSA) is 91.2 Å². The Morgan fingerprint density at radius 1 is 0.809 bits per heavy atom. The lowest BCUT2D eigenvalue weighted by Crippen LogP contribution is -2.38. The number of halogens is 2. The molecule has 47 heavy (non-hydrogen) atoms. The van der Waals surface area contributed by atoms with Gasteiger partial charge < -0.3 is 15.2 Å². The van der Waals surface area contributed by atoms with Gasteiger partial charge in [0.1, 0.15) is 11.7 Å². The summed E-state index contributed by atoms with van der Waals surface area (Å²) in [6.45, 7) is 1.43. The molecule has 5 aromatic carbocycles. The number of amides is 1. The predicted molar refractivity (Wildman–Crippen MR) is 198 cm³/mol. The van der Waals surface area contributed by atoms with E-state index < -0.39 is 0 Å². The number of aryl methyl sites for hydroxylation is 3. The SMILES string of the molecule is CN(CC(=O)N(Cc1cccc2ccccc12)c1ccc2c(c1)nc(CCc1ccc(C(=N)N)cc1)n2C)Cc1ccccc1.Cl.Cl.